The van der Waals surface area contributed by atoms with Crippen molar-refractivity contribution in [2.45, 2.75) is 32.4 Å². The topological polar surface area (TPSA) is 42.9 Å². The Morgan fingerprint density at radius 2 is 1.92 bits per heavy atom. The maximum atomic E-state index is 4.37. The lowest BCUT2D eigenvalue weighted by molar-refractivity contribution is 0.267. The van der Waals surface area contributed by atoms with E-state index in [1.165, 1.54) is 42.1 Å². The zero-order valence-electron chi connectivity index (χ0n) is 16.2. The molecule has 2 aliphatic heterocycles. The van der Waals surface area contributed by atoms with Crippen LogP contribution in [0.25, 0.3) is 0 Å². The van der Waals surface area contributed by atoms with Crippen molar-refractivity contribution in [1.29, 1.82) is 0 Å². The van der Waals surface area contributed by atoms with Crippen molar-refractivity contribution in [3.63, 3.8) is 0 Å². The van der Waals surface area contributed by atoms with Gasteiger partial charge in [-0.15, -0.1) is 0 Å². The molecule has 5 nitrogen and oxygen atoms in total. The van der Waals surface area contributed by atoms with Crippen LogP contribution in [0.4, 0.5) is 5.69 Å². The van der Waals surface area contributed by atoms with Gasteiger partial charge in [-0.2, -0.15) is 11.8 Å². The molecule has 1 unspecified atom stereocenters. The first-order valence-corrected chi connectivity index (χ1v) is 11.1. The van der Waals surface area contributed by atoms with Crippen molar-refractivity contribution in [1.82, 2.24) is 15.5 Å². The molecule has 0 radical (unpaired) electrons. The molecule has 0 aliphatic carbocycles. The number of anilines is 1. The Kier molecular flexibility index (Phi) is 7.50. The van der Waals surface area contributed by atoms with Crippen molar-refractivity contribution < 1.29 is 0 Å². The Balaban J connectivity index is 1.44. The van der Waals surface area contributed by atoms with Gasteiger partial charge in [0.25, 0.3) is 0 Å². The van der Waals surface area contributed by atoms with Gasteiger partial charge in [-0.25, -0.2) is 0 Å². The lowest BCUT2D eigenvalue weighted by Crippen LogP contribution is -2.44. The SMILES string of the molecule is CCN1CCCC1CNC(=NC)NCc1ccc(N2CCSCC2)cc1. The number of likely N-dealkylation sites (N-methyl/N-ethyl adjacent to an activating group) is 1. The number of rotatable bonds is 6. The molecule has 2 heterocycles. The number of nitrogens with zero attached hydrogens (tertiary/aromatic N) is 3. The largest absolute Gasteiger partial charge is 0.370 e. The second-order valence-corrected chi connectivity index (χ2v) is 8.22. The summed E-state index contributed by atoms with van der Waals surface area (Å²) in [5, 5.41) is 6.94. The van der Waals surface area contributed by atoms with Gasteiger partial charge in [-0.1, -0.05) is 19.1 Å². The molecule has 0 aromatic heterocycles. The van der Waals surface area contributed by atoms with Gasteiger partial charge in [0, 0.05) is 56.5 Å². The average Bonchev–Trinajstić information content (AvgIpc) is 3.17. The molecule has 6 heteroatoms. The van der Waals surface area contributed by atoms with E-state index in [4.69, 9.17) is 0 Å². The van der Waals surface area contributed by atoms with Gasteiger partial charge < -0.3 is 15.5 Å². The summed E-state index contributed by atoms with van der Waals surface area (Å²) in [6.07, 6.45) is 2.60. The molecule has 0 spiro atoms. The maximum absolute atomic E-state index is 4.37. The summed E-state index contributed by atoms with van der Waals surface area (Å²) in [6, 6.07) is 9.60. The van der Waals surface area contributed by atoms with Crippen LogP contribution in [0.1, 0.15) is 25.3 Å². The molecule has 0 saturated carbocycles. The van der Waals surface area contributed by atoms with Gasteiger partial charge in [0.15, 0.2) is 5.96 Å². The van der Waals surface area contributed by atoms with E-state index in [2.05, 4.69) is 68.4 Å². The summed E-state index contributed by atoms with van der Waals surface area (Å²) in [6.45, 7) is 8.72. The number of guanidine groups is 1. The predicted octanol–water partition coefficient (Wildman–Crippen LogP) is 2.39. The second kappa shape index (κ2) is 10.1. The van der Waals surface area contributed by atoms with Crippen LogP contribution in [-0.2, 0) is 6.54 Å². The third-order valence-electron chi connectivity index (χ3n) is 5.41. The smallest absolute Gasteiger partial charge is 0.191 e. The van der Waals surface area contributed by atoms with E-state index in [1.807, 2.05) is 7.05 Å². The number of thioether (sulfide) groups is 1. The standard InChI is InChI=1S/C20H33N5S/c1-3-24-10-4-5-19(24)16-23-20(21-2)22-15-17-6-8-18(9-7-17)25-11-13-26-14-12-25/h6-9,19H,3-5,10-16H2,1-2H3,(H2,21,22,23). The van der Waals surface area contributed by atoms with Gasteiger partial charge in [0.1, 0.15) is 0 Å². The first-order valence-electron chi connectivity index (χ1n) is 9.90. The molecule has 1 atom stereocenters. The fourth-order valence-electron chi connectivity index (χ4n) is 3.81. The van der Waals surface area contributed by atoms with Crippen LogP contribution in [0.5, 0.6) is 0 Å². The summed E-state index contributed by atoms with van der Waals surface area (Å²) in [4.78, 5) is 9.41. The molecular weight excluding hydrogens is 342 g/mol. The number of hydrogen-bond donors (Lipinski definition) is 2. The highest BCUT2D eigenvalue weighted by molar-refractivity contribution is 7.99. The molecule has 2 N–H and O–H groups in total. The van der Waals surface area contributed by atoms with Crippen molar-refractivity contribution in [3.8, 4) is 0 Å². The Morgan fingerprint density at radius 3 is 2.62 bits per heavy atom. The quantitative estimate of drug-likeness (QED) is 0.590. The molecule has 0 amide bonds. The first kappa shape index (κ1) is 19.4. The minimum Gasteiger partial charge on any atom is -0.370 e. The second-order valence-electron chi connectivity index (χ2n) is 7.00. The molecule has 26 heavy (non-hydrogen) atoms. The van der Waals surface area contributed by atoms with Gasteiger partial charge in [0.2, 0.25) is 0 Å². The zero-order chi connectivity index (χ0) is 18.2. The lowest BCUT2D eigenvalue weighted by atomic mass is 10.2. The molecular formula is C20H33N5S. The number of likely N-dealkylation sites (tertiary alicyclic amines) is 1. The summed E-state index contributed by atoms with van der Waals surface area (Å²) < 4.78 is 0. The number of nitrogens with one attached hydrogen (secondary N) is 2. The Hall–Kier alpha value is -1.40. The van der Waals surface area contributed by atoms with E-state index in [1.54, 1.807) is 0 Å². The summed E-state index contributed by atoms with van der Waals surface area (Å²) in [5.41, 5.74) is 2.64. The molecule has 1 aromatic rings. The Bertz CT molecular complexity index is 568. The highest BCUT2D eigenvalue weighted by atomic mass is 32.2. The van der Waals surface area contributed by atoms with Gasteiger partial charge in [-0.05, 0) is 43.6 Å². The normalized spacial score (nSPS) is 21.8. The van der Waals surface area contributed by atoms with Crippen LogP contribution in [-0.4, -0.2) is 68.2 Å². The van der Waals surface area contributed by atoms with E-state index < -0.39 is 0 Å². The van der Waals surface area contributed by atoms with E-state index in [0.717, 1.165) is 38.7 Å². The summed E-state index contributed by atoms with van der Waals surface area (Å²) in [5.74, 6) is 3.37. The molecule has 1 aromatic carbocycles. The Morgan fingerprint density at radius 1 is 1.15 bits per heavy atom. The highest BCUT2D eigenvalue weighted by Crippen LogP contribution is 2.20. The van der Waals surface area contributed by atoms with Crippen molar-refractivity contribution in [3.05, 3.63) is 29.8 Å². The van der Waals surface area contributed by atoms with Crippen LogP contribution < -0.4 is 15.5 Å². The van der Waals surface area contributed by atoms with Crippen molar-refractivity contribution >= 4 is 23.4 Å². The first-order chi connectivity index (χ1) is 12.8. The fraction of sp³-hybridized carbons (Fsp3) is 0.650. The number of hydrogen-bond acceptors (Lipinski definition) is 4. The fourth-order valence-corrected chi connectivity index (χ4v) is 4.71. The zero-order valence-corrected chi connectivity index (χ0v) is 17.0. The van der Waals surface area contributed by atoms with Crippen LogP contribution in [0, 0.1) is 0 Å². The van der Waals surface area contributed by atoms with Crippen molar-refractivity contribution in [2.24, 2.45) is 4.99 Å². The van der Waals surface area contributed by atoms with Crippen molar-refractivity contribution in [2.75, 3.05) is 56.2 Å². The van der Waals surface area contributed by atoms with E-state index in [9.17, 15) is 0 Å². The molecule has 3 rings (SSSR count). The third kappa shape index (κ3) is 5.30. The van der Waals surface area contributed by atoms with E-state index in [-0.39, 0.29) is 0 Å². The molecule has 2 fully saturated rings. The van der Waals surface area contributed by atoms with Crippen LogP contribution in [0.15, 0.2) is 29.3 Å². The van der Waals surface area contributed by atoms with Gasteiger partial charge in [0.05, 0.1) is 0 Å². The van der Waals surface area contributed by atoms with Crippen LogP contribution in [0.2, 0.25) is 0 Å². The predicted molar refractivity (Wildman–Crippen MR) is 114 cm³/mol. The summed E-state index contributed by atoms with van der Waals surface area (Å²) >= 11 is 2.05. The highest BCUT2D eigenvalue weighted by Gasteiger charge is 2.22. The number of benzene rings is 1. The minimum atomic E-state index is 0.639. The molecule has 0 bridgehead atoms. The number of aliphatic imine (C=N–C) groups is 1. The maximum Gasteiger partial charge on any atom is 0.191 e. The molecule has 144 valence electrons. The van der Waals surface area contributed by atoms with Gasteiger partial charge >= 0.3 is 0 Å². The molecule has 2 aliphatic rings. The van der Waals surface area contributed by atoms with Crippen LogP contribution in [0.3, 0.4) is 0 Å². The minimum absolute atomic E-state index is 0.639. The lowest BCUT2D eigenvalue weighted by Gasteiger charge is -2.28. The Labute approximate surface area is 162 Å². The summed E-state index contributed by atoms with van der Waals surface area (Å²) in [7, 11) is 1.85. The monoisotopic (exact) mass is 375 g/mol. The third-order valence-corrected chi connectivity index (χ3v) is 6.35. The van der Waals surface area contributed by atoms with Crippen LogP contribution >= 0.6 is 11.8 Å². The molecule has 2 saturated heterocycles. The average molecular weight is 376 g/mol. The van der Waals surface area contributed by atoms with E-state index >= 15 is 0 Å². The van der Waals surface area contributed by atoms with Gasteiger partial charge in [-0.3, -0.25) is 9.89 Å². The van der Waals surface area contributed by atoms with E-state index in [0.29, 0.717) is 6.04 Å².